The Kier molecular flexibility index (Phi) is 5.82. The average Bonchev–Trinajstić information content (AvgIpc) is 3.41. The molecule has 2 amide bonds. The Morgan fingerprint density at radius 1 is 1.14 bits per heavy atom. The highest BCUT2D eigenvalue weighted by Crippen LogP contribution is 2.26. The summed E-state index contributed by atoms with van der Waals surface area (Å²) < 4.78 is 15.4. The molecule has 1 aliphatic rings. The summed E-state index contributed by atoms with van der Waals surface area (Å²) in [7, 11) is 3.05. The van der Waals surface area contributed by atoms with Crippen LogP contribution >= 0.6 is 0 Å². The lowest BCUT2D eigenvalue weighted by atomic mass is 10.1. The highest BCUT2D eigenvalue weighted by atomic mass is 16.6. The summed E-state index contributed by atoms with van der Waals surface area (Å²) in [6.45, 7) is 0.641. The zero-order valence-electron chi connectivity index (χ0n) is 15.9. The molecule has 10 nitrogen and oxygen atoms in total. The molecule has 1 aliphatic heterocycles. The molecular weight excluding hydrogens is 382 g/mol. The van der Waals surface area contributed by atoms with Crippen molar-refractivity contribution >= 4 is 23.8 Å². The third kappa shape index (κ3) is 4.21. The second-order valence-electron chi connectivity index (χ2n) is 6.08. The Labute approximate surface area is 166 Å². The van der Waals surface area contributed by atoms with Crippen LogP contribution in [0.3, 0.4) is 0 Å². The van der Waals surface area contributed by atoms with Crippen LogP contribution < -0.4 is 9.47 Å². The van der Waals surface area contributed by atoms with Crippen LogP contribution in [-0.2, 0) is 4.79 Å². The largest absolute Gasteiger partial charge is 0.497 e. The van der Waals surface area contributed by atoms with Crippen LogP contribution in [0.5, 0.6) is 11.5 Å². The minimum absolute atomic E-state index is 0.199. The molecule has 0 atom stereocenters. The van der Waals surface area contributed by atoms with Gasteiger partial charge < -0.3 is 13.9 Å². The quantitative estimate of drug-likeness (QED) is 0.415. The van der Waals surface area contributed by atoms with Gasteiger partial charge in [-0.05, 0) is 36.8 Å². The third-order valence-electron chi connectivity index (χ3n) is 4.34. The first-order chi connectivity index (χ1) is 13.9. The van der Waals surface area contributed by atoms with Crippen molar-refractivity contribution in [2.45, 2.75) is 6.42 Å². The van der Waals surface area contributed by atoms with Crippen LogP contribution in [0.2, 0.25) is 0 Å². The molecule has 29 heavy (non-hydrogen) atoms. The van der Waals surface area contributed by atoms with E-state index in [-0.39, 0.29) is 5.76 Å². The Morgan fingerprint density at radius 3 is 2.55 bits per heavy atom. The molecule has 3 rings (SSSR count). The molecule has 2 heterocycles. The summed E-state index contributed by atoms with van der Waals surface area (Å²) in [6.07, 6.45) is 3.48. The Hall–Kier alpha value is -3.82. The van der Waals surface area contributed by atoms with Gasteiger partial charge in [0.25, 0.3) is 5.91 Å². The molecule has 10 heteroatoms. The number of nitro groups is 1. The van der Waals surface area contributed by atoms with Crippen molar-refractivity contribution in [3.8, 4) is 11.5 Å². The fourth-order valence-electron chi connectivity index (χ4n) is 2.94. The van der Waals surface area contributed by atoms with Gasteiger partial charge in [-0.2, -0.15) is 0 Å². The SMILES string of the molecule is COc1ccc(OC)c(/C=C/C(=O)N2CCCN2C(=O)c2ccc([N+](=O)[O-])o2)c1. The Balaban J connectivity index is 1.77. The molecule has 2 aromatic rings. The van der Waals surface area contributed by atoms with E-state index >= 15 is 0 Å². The van der Waals surface area contributed by atoms with Gasteiger partial charge >= 0.3 is 11.8 Å². The number of hydrogen-bond acceptors (Lipinski definition) is 7. The molecule has 0 spiro atoms. The van der Waals surface area contributed by atoms with Gasteiger partial charge in [-0.25, -0.2) is 10.0 Å². The van der Waals surface area contributed by atoms with E-state index in [1.54, 1.807) is 24.3 Å². The predicted octanol–water partition coefficient (Wildman–Crippen LogP) is 2.51. The van der Waals surface area contributed by atoms with Crippen LogP contribution in [0.1, 0.15) is 22.5 Å². The molecule has 0 unspecified atom stereocenters. The van der Waals surface area contributed by atoms with Gasteiger partial charge in [0, 0.05) is 24.7 Å². The van der Waals surface area contributed by atoms with Gasteiger partial charge in [-0.3, -0.25) is 19.7 Å². The molecule has 0 bridgehead atoms. The summed E-state index contributed by atoms with van der Waals surface area (Å²) in [4.78, 5) is 35.3. The normalized spacial score (nSPS) is 13.7. The number of benzene rings is 1. The van der Waals surface area contributed by atoms with Crippen molar-refractivity contribution in [1.82, 2.24) is 10.0 Å². The van der Waals surface area contributed by atoms with Gasteiger partial charge in [0.05, 0.1) is 20.3 Å². The number of carbonyl (C=O) groups is 2. The number of hydrogen-bond donors (Lipinski definition) is 0. The summed E-state index contributed by atoms with van der Waals surface area (Å²) in [6, 6.07) is 7.50. The summed E-state index contributed by atoms with van der Waals surface area (Å²) in [5.41, 5.74) is 0.638. The molecule has 0 saturated carbocycles. The van der Waals surface area contributed by atoms with E-state index in [1.165, 1.54) is 36.4 Å². The summed E-state index contributed by atoms with van der Waals surface area (Å²) in [5.74, 6) is -0.592. The first-order valence-corrected chi connectivity index (χ1v) is 8.72. The monoisotopic (exact) mass is 401 g/mol. The maximum absolute atomic E-state index is 12.7. The molecule has 1 aromatic heterocycles. The van der Waals surface area contributed by atoms with E-state index in [2.05, 4.69) is 0 Å². The highest BCUT2D eigenvalue weighted by molar-refractivity contribution is 5.97. The van der Waals surface area contributed by atoms with Crippen LogP contribution in [0.15, 0.2) is 40.8 Å². The smallest absolute Gasteiger partial charge is 0.433 e. The zero-order valence-corrected chi connectivity index (χ0v) is 15.9. The number of carbonyl (C=O) groups excluding carboxylic acids is 2. The first kappa shape index (κ1) is 19.9. The second kappa shape index (κ2) is 8.46. The summed E-state index contributed by atoms with van der Waals surface area (Å²) >= 11 is 0. The van der Waals surface area contributed by atoms with E-state index in [4.69, 9.17) is 13.9 Å². The van der Waals surface area contributed by atoms with Crippen molar-refractivity contribution in [3.63, 3.8) is 0 Å². The number of nitrogens with zero attached hydrogens (tertiary/aromatic N) is 3. The second-order valence-corrected chi connectivity index (χ2v) is 6.08. The molecule has 0 aliphatic carbocycles. The number of methoxy groups -OCH3 is 2. The van der Waals surface area contributed by atoms with Crippen molar-refractivity contribution in [1.29, 1.82) is 0 Å². The van der Waals surface area contributed by atoms with Gasteiger partial charge in [0.1, 0.15) is 16.4 Å². The van der Waals surface area contributed by atoms with Crippen LogP contribution in [0, 0.1) is 10.1 Å². The molecular formula is C19H19N3O7. The standard InChI is InChI=1S/C19H19N3O7/c1-27-14-5-6-15(28-2)13(12-14)4-8-17(23)20-10-3-11-21(20)19(24)16-7-9-18(29-16)22(25)26/h4-9,12H,3,10-11H2,1-2H3/b8-4+. The lowest BCUT2D eigenvalue weighted by Gasteiger charge is -2.25. The molecule has 152 valence electrons. The maximum Gasteiger partial charge on any atom is 0.433 e. The van der Waals surface area contributed by atoms with Crippen molar-refractivity contribution in [2.75, 3.05) is 27.3 Å². The minimum Gasteiger partial charge on any atom is -0.497 e. The van der Waals surface area contributed by atoms with Gasteiger partial charge in [0.2, 0.25) is 5.76 Å². The number of hydrazine groups is 1. The van der Waals surface area contributed by atoms with E-state index in [0.29, 0.717) is 36.6 Å². The van der Waals surface area contributed by atoms with Crippen LogP contribution in [0.4, 0.5) is 5.88 Å². The Bertz CT molecular complexity index is 966. The van der Waals surface area contributed by atoms with E-state index < -0.39 is 22.6 Å². The lowest BCUT2D eigenvalue weighted by Crippen LogP contribution is -2.44. The van der Waals surface area contributed by atoms with Gasteiger partial charge in [-0.1, -0.05) is 0 Å². The predicted molar refractivity (Wildman–Crippen MR) is 101 cm³/mol. The van der Waals surface area contributed by atoms with E-state index in [9.17, 15) is 19.7 Å². The fraction of sp³-hybridized carbons (Fsp3) is 0.263. The maximum atomic E-state index is 12.7. The zero-order chi connectivity index (χ0) is 21.0. The average molecular weight is 401 g/mol. The number of furan rings is 1. The Morgan fingerprint density at radius 2 is 1.90 bits per heavy atom. The molecule has 0 radical (unpaired) electrons. The van der Waals surface area contributed by atoms with Gasteiger partial charge in [-0.15, -0.1) is 0 Å². The minimum atomic E-state index is -0.728. The summed E-state index contributed by atoms with van der Waals surface area (Å²) in [5, 5.41) is 13.2. The van der Waals surface area contributed by atoms with Crippen LogP contribution in [0.25, 0.3) is 6.08 Å². The van der Waals surface area contributed by atoms with Crippen molar-refractivity contribution in [3.05, 3.63) is 57.8 Å². The van der Waals surface area contributed by atoms with Crippen molar-refractivity contribution in [2.24, 2.45) is 0 Å². The number of rotatable bonds is 6. The molecule has 0 N–H and O–H groups in total. The number of ether oxygens (including phenoxy) is 2. The molecule has 1 saturated heterocycles. The third-order valence-corrected chi connectivity index (χ3v) is 4.34. The topological polar surface area (TPSA) is 115 Å². The van der Waals surface area contributed by atoms with E-state index in [1.807, 2.05) is 0 Å². The first-order valence-electron chi connectivity index (χ1n) is 8.72. The molecule has 1 fully saturated rings. The van der Waals surface area contributed by atoms with Crippen LogP contribution in [-0.4, -0.2) is 54.1 Å². The lowest BCUT2D eigenvalue weighted by molar-refractivity contribution is -0.402. The van der Waals surface area contributed by atoms with Gasteiger partial charge in [0.15, 0.2) is 0 Å². The fourth-order valence-corrected chi connectivity index (χ4v) is 2.94. The van der Waals surface area contributed by atoms with Crippen molar-refractivity contribution < 1.29 is 28.4 Å². The molecule has 1 aromatic carbocycles. The highest BCUT2D eigenvalue weighted by Gasteiger charge is 2.32. The van der Waals surface area contributed by atoms with E-state index in [0.717, 1.165) is 6.07 Å². The number of amides is 2.